The highest BCUT2D eigenvalue weighted by Crippen LogP contribution is 2.42. The smallest absolute Gasteiger partial charge is 0.201 e. The molecule has 3 N–H and O–H groups in total. The summed E-state index contributed by atoms with van der Waals surface area (Å²) >= 11 is 0. The highest BCUT2D eigenvalue weighted by atomic mass is 16.5. The van der Waals surface area contributed by atoms with Crippen LogP contribution in [0.4, 0.5) is 0 Å². The fraction of sp³-hybridized carbons (Fsp3) is 0.130. The minimum atomic E-state index is -0.899. The zero-order valence-electron chi connectivity index (χ0n) is 15.9. The third-order valence-corrected chi connectivity index (χ3v) is 4.38. The van der Waals surface area contributed by atoms with Crippen molar-refractivity contribution in [1.82, 2.24) is 0 Å². The molecule has 3 aromatic rings. The number of carbonyl (C=O) groups excluding carboxylic acids is 2. The molecule has 0 radical (unpaired) electrons. The summed E-state index contributed by atoms with van der Waals surface area (Å²) in [4.78, 5) is 25.1. The maximum atomic E-state index is 12.8. The lowest BCUT2D eigenvalue weighted by Crippen LogP contribution is -2.10. The molecule has 29 heavy (non-hydrogen) atoms. The van der Waals surface area contributed by atoms with E-state index in [9.17, 15) is 24.9 Å². The quantitative estimate of drug-likeness (QED) is 0.416. The van der Waals surface area contributed by atoms with Gasteiger partial charge < -0.3 is 20.1 Å². The molecular weight excluding hydrogens is 372 g/mol. The van der Waals surface area contributed by atoms with Crippen LogP contribution in [0.1, 0.15) is 40.1 Å². The van der Waals surface area contributed by atoms with Crippen LogP contribution < -0.4 is 4.74 Å². The van der Waals surface area contributed by atoms with E-state index in [1.54, 1.807) is 38.1 Å². The van der Waals surface area contributed by atoms with Crippen molar-refractivity contribution in [1.29, 1.82) is 0 Å². The Morgan fingerprint density at radius 2 is 1.31 bits per heavy atom. The van der Waals surface area contributed by atoms with Gasteiger partial charge in [0, 0.05) is 11.5 Å². The van der Waals surface area contributed by atoms with Gasteiger partial charge >= 0.3 is 0 Å². The predicted octanol–water partition coefficient (Wildman–Crippen LogP) is 4.67. The number of rotatable bonds is 6. The second-order valence-corrected chi connectivity index (χ2v) is 6.81. The Morgan fingerprint density at radius 3 is 1.90 bits per heavy atom. The van der Waals surface area contributed by atoms with Crippen LogP contribution in [0, 0.1) is 5.92 Å². The average molecular weight is 392 g/mol. The van der Waals surface area contributed by atoms with Crippen molar-refractivity contribution in [3.63, 3.8) is 0 Å². The number of phenols is 3. The molecule has 3 rings (SSSR count). The summed E-state index contributed by atoms with van der Waals surface area (Å²) in [7, 11) is 0. The lowest BCUT2D eigenvalue weighted by atomic mass is 9.94. The molecule has 0 atom stereocenters. The molecule has 0 amide bonds. The van der Waals surface area contributed by atoms with E-state index in [1.165, 1.54) is 12.1 Å². The summed E-state index contributed by atoms with van der Waals surface area (Å²) in [5.41, 5.74) is -0.280. The van der Waals surface area contributed by atoms with Crippen LogP contribution in [-0.4, -0.2) is 26.9 Å². The maximum absolute atomic E-state index is 12.8. The molecule has 6 nitrogen and oxygen atoms in total. The Morgan fingerprint density at radius 1 is 0.759 bits per heavy atom. The van der Waals surface area contributed by atoms with E-state index in [2.05, 4.69) is 0 Å². The summed E-state index contributed by atoms with van der Waals surface area (Å²) in [5, 5.41) is 30.1. The molecule has 0 spiro atoms. The van der Waals surface area contributed by atoms with Crippen LogP contribution in [0.5, 0.6) is 28.7 Å². The van der Waals surface area contributed by atoms with Crippen LogP contribution in [-0.2, 0) is 0 Å². The number of para-hydroxylation sites is 1. The summed E-state index contributed by atoms with van der Waals surface area (Å²) in [6.07, 6.45) is 0. The van der Waals surface area contributed by atoms with Crippen molar-refractivity contribution < 1.29 is 29.6 Å². The number of phenolic OH excluding ortho intramolecular Hbond substituents is 3. The number of benzene rings is 3. The SMILES string of the molecule is CC(C)C(=O)c1cc(C(=O)c2ccc(Oc3ccccc3)cc2)c(O)c(O)c1O. The molecule has 0 saturated heterocycles. The van der Waals surface area contributed by atoms with E-state index in [0.717, 1.165) is 6.07 Å². The van der Waals surface area contributed by atoms with Gasteiger partial charge in [-0.05, 0) is 42.5 Å². The van der Waals surface area contributed by atoms with E-state index in [4.69, 9.17) is 4.74 Å². The number of aromatic hydroxyl groups is 3. The molecule has 6 heteroatoms. The fourth-order valence-electron chi connectivity index (χ4n) is 2.77. The molecule has 0 aromatic heterocycles. The topological polar surface area (TPSA) is 104 Å². The largest absolute Gasteiger partial charge is 0.504 e. The first-order valence-corrected chi connectivity index (χ1v) is 8.99. The van der Waals surface area contributed by atoms with Crippen molar-refractivity contribution in [3.05, 3.63) is 77.4 Å². The fourth-order valence-corrected chi connectivity index (χ4v) is 2.77. The summed E-state index contributed by atoms with van der Waals surface area (Å²) in [6.45, 7) is 3.25. The Bertz CT molecular complexity index is 1050. The van der Waals surface area contributed by atoms with Crippen LogP contribution in [0.2, 0.25) is 0 Å². The molecule has 0 aliphatic rings. The number of ketones is 2. The summed E-state index contributed by atoms with van der Waals surface area (Å²) < 4.78 is 5.68. The molecule has 0 bridgehead atoms. The van der Waals surface area contributed by atoms with Gasteiger partial charge in [-0.3, -0.25) is 9.59 Å². The van der Waals surface area contributed by atoms with E-state index in [1.807, 2.05) is 18.2 Å². The summed E-state index contributed by atoms with van der Waals surface area (Å²) in [6, 6.07) is 16.4. The van der Waals surface area contributed by atoms with Gasteiger partial charge in [0.2, 0.25) is 5.75 Å². The van der Waals surface area contributed by atoms with Gasteiger partial charge in [-0.15, -0.1) is 0 Å². The van der Waals surface area contributed by atoms with Crippen molar-refractivity contribution in [2.45, 2.75) is 13.8 Å². The molecule has 0 fully saturated rings. The zero-order valence-corrected chi connectivity index (χ0v) is 15.9. The highest BCUT2D eigenvalue weighted by Gasteiger charge is 2.26. The number of carbonyl (C=O) groups is 2. The molecule has 0 heterocycles. The number of hydrogen-bond acceptors (Lipinski definition) is 6. The lowest BCUT2D eigenvalue weighted by molar-refractivity contribution is 0.0936. The van der Waals surface area contributed by atoms with Crippen molar-refractivity contribution >= 4 is 11.6 Å². The van der Waals surface area contributed by atoms with E-state index >= 15 is 0 Å². The highest BCUT2D eigenvalue weighted by molar-refractivity contribution is 6.13. The van der Waals surface area contributed by atoms with Crippen LogP contribution >= 0.6 is 0 Å². The molecular formula is C23H20O6. The van der Waals surface area contributed by atoms with Crippen molar-refractivity contribution in [2.75, 3.05) is 0 Å². The molecule has 3 aromatic carbocycles. The van der Waals surface area contributed by atoms with Gasteiger partial charge in [-0.2, -0.15) is 0 Å². The van der Waals surface area contributed by atoms with E-state index in [-0.39, 0.29) is 16.7 Å². The van der Waals surface area contributed by atoms with Crippen LogP contribution in [0.25, 0.3) is 0 Å². The maximum Gasteiger partial charge on any atom is 0.201 e. The Labute approximate surface area is 167 Å². The van der Waals surface area contributed by atoms with Crippen LogP contribution in [0.15, 0.2) is 60.7 Å². The van der Waals surface area contributed by atoms with Crippen LogP contribution in [0.3, 0.4) is 0 Å². The first-order chi connectivity index (χ1) is 13.8. The van der Waals surface area contributed by atoms with Gasteiger partial charge in [-0.25, -0.2) is 0 Å². The first kappa shape index (κ1) is 19.9. The second kappa shape index (κ2) is 8.06. The predicted molar refractivity (Wildman–Crippen MR) is 107 cm³/mol. The normalized spacial score (nSPS) is 10.7. The van der Waals surface area contributed by atoms with Crippen molar-refractivity contribution in [2.24, 2.45) is 5.92 Å². The first-order valence-electron chi connectivity index (χ1n) is 8.99. The molecule has 0 saturated carbocycles. The molecule has 148 valence electrons. The van der Waals surface area contributed by atoms with E-state index in [0.29, 0.717) is 11.5 Å². The van der Waals surface area contributed by atoms with Gasteiger partial charge in [0.05, 0.1) is 11.1 Å². The minimum Gasteiger partial charge on any atom is -0.504 e. The molecule has 0 aliphatic carbocycles. The number of ether oxygens (including phenoxy) is 1. The number of Topliss-reactive ketones (excluding diaryl/α,β-unsaturated/α-hetero) is 1. The van der Waals surface area contributed by atoms with Gasteiger partial charge in [0.15, 0.2) is 23.1 Å². The van der Waals surface area contributed by atoms with E-state index < -0.39 is 34.7 Å². The second-order valence-electron chi connectivity index (χ2n) is 6.81. The zero-order chi connectivity index (χ0) is 21.1. The average Bonchev–Trinajstić information content (AvgIpc) is 2.72. The van der Waals surface area contributed by atoms with Gasteiger partial charge in [-0.1, -0.05) is 32.0 Å². The molecule has 0 aliphatic heterocycles. The Hall–Kier alpha value is -3.80. The van der Waals surface area contributed by atoms with Gasteiger partial charge in [0.1, 0.15) is 11.5 Å². The Balaban J connectivity index is 1.93. The lowest BCUT2D eigenvalue weighted by Gasteiger charge is -2.13. The summed E-state index contributed by atoms with van der Waals surface area (Å²) in [5.74, 6) is -2.81. The number of hydrogen-bond donors (Lipinski definition) is 3. The standard InChI is InChI=1S/C23H20O6/c1-13(2)19(24)17-12-18(22(27)23(28)21(17)26)20(25)14-8-10-16(11-9-14)29-15-6-4-3-5-7-15/h3-13,26-28H,1-2H3. The van der Waals surface area contributed by atoms with Crippen molar-refractivity contribution in [3.8, 4) is 28.7 Å². The molecule has 0 unspecified atom stereocenters. The Kier molecular flexibility index (Phi) is 5.54. The third-order valence-electron chi connectivity index (χ3n) is 4.38. The monoisotopic (exact) mass is 392 g/mol. The minimum absolute atomic E-state index is 0.216. The van der Waals surface area contributed by atoms with Gasteiger partial charge in [0.25, 0.3) is 0 Å². The third kappa shape index (κ3) is 4.06.